The minimum atomic E-state index is -3.22. The molecule has 1 aliphatic heterocycles. The molecule has 10 nitrogen and oxygen atoms in total. The minimum absolute atomic E-state index is 0.106. The number of hydrogen-bond acceptors (Lipinski definition) is 8. The second kappa shape index (κ2) is 10.4. The number of alkyl halides is 2. The molecule has 5 rings (SSSR count). The predicted molar refractivity (Wildman–Crippen MR) is 131 cm³/mol. The SMILES string of the molecule is [2H]C([2H])([2H])O[C@@H]1CCN(c2cc3c(c(OC)n2)c(=O)n(-c2cncc(OC(F)F)c2)c(=O)n3-c2ccc(F)c(F)c2)C1. The van der Waals surface area contributed by atoms with Gasteiger partial charge in [-0.3, -0.25) is 14.3 Å². The smallest absolute Gasteiger partial charge is 0.387 e. The van der Waals surface area contributed by atoms with Crippen molar-refractivity contribution in [2.24, 2.45) is 0 Å². The van der Waals surface area contributed by atoms with Crippen LogP contribution in [0.4, 0.5) is 23.4 Å². The lowest BCUT2D eigenvalue weighted by atomic mass is 10.2. The number of fused-ring (bicyclic) bond motifs is 1. The van der Waals surface area contributed by atoms with Gasteiger partial charge in [0.2, 0.25) is 5.88 Å². The third kappa shape index (κ3) is 4.78. The first kappa shape index (κ1) is 22.5. The van der Waals surface area contributed by atoms with Crippen LogP contribution in [0.5, 0.6) is 11.6 Å². The Labute approximate surface area is 221 Å². The zero-order chi connectivity index (χ0) is 30.3. The highest BCUT2D eigenvalue weighted by Crippen LogP contribution is 2.30. The first-order chi connectivity index (χ1) is 19.9. The molecule has 0 bridgehead atoms. The summed E-state index contributed by atoms with van der Waals surface area (Å²) in [6.07, 6.45) is 1.66. The van der Waals surface area contributed by atoms with Crippen LogP contribution < -0.4 is 25.6 Å². The van der Waals surface area contributed by atoms with Crippen molar-refractivity contribution in [3.05, 3.63) is 75.2 Å². The lowest BCUT2D eigenvalue weighted by Gasteiger charge is -2.21. The minimum Gasteiger partial charge on any atom is -0.480 e. The van der Waals surface area contributed by atoms with E-state index in [-0.39, 0.29) is 40.5 Å². The summed E-state index contributed by atoms with van der Waals surface area (Å²) in [5, 5.41) is -0.264. The highest BCUT2D eigenvalue weighted by atomic mass is 19.3. The zero-order valence-corrected chi connectivity index (χ0v) is 20.1. The van der Waals surface area contributed by atoms with Crippen LogP contribution in [0.1, 0.15) is 10.5 Å². The van der Waals surface area contributed by atoms with Gasteiger partial charge in [-0.2, -0.15) is 13.8 Å². The van der Waals surface area contributed by atoms with Crippen molar-refractivity contribution in [3.8, 4) is 23.0 Å². The summed E-state index contributed by atoms with van der Waals surface area (Å²) in [5.74, 6) is -3.01. The summed E-state index contributed by atoms with van der Waals surface area (Å²) in [6.45, 7) is -2.81. The van der Waals surface area contributed by atoms with Crippen molar-refractivity contribution in [2.75, 3.05) is 32.1 Å². The summed E-state index contributed by atoms with van der Waals surface area (Å²) in [4.78, 5) is 37.5. The number of benzene rings is 1. The molecule has 3 aromatic heterocycles. The van der Waals surface area contributed by atoms with Crippen LogP contribution in [0.3, 0.4) is 0 Å². The largest absolute Gasteiger partial charge is 0.480 e. The van der Waals surface area contributed by atoms with E-state index < -0.39 is 48.4 Å². The van der Waals surface area contributed by atoms with E-state index in [1.165, 1.54) is 13.2 Å². The van der Waals surface area contributed by atoms with Crippen molar-refractivity contribution in [2.45, 2.75) is 19.1 Å². The molecule has 0 N–H and O–H groups in total. The molecule has 0 amide bonds. The molecular formula is C25H21F4N5O5. The van der Waals surface area contributed by atoms with Gasteiger partial charge in [0.15, 0.2) is 11.6 Å². The molecule has 0 radical (unpaired) electrons. The summed E-state index contributed by atoms with van der Waals surface area (Å²) in [6, 6.07) is 4.95. The van der Waals surface area contributed by atoms with E-state index in [0.29, 0.717) is 17.5 Å². The maximum absolute atomic E-state index is 14.4. The Morgan fingerprint density at radius 2 is 1.90 bits per heavy atom. The van der Waals surface area contributed by atoms with Crippen LogP contribution in [0.25, 0.3) is 22.3 Å². The molecule has 0 spiro atoms. The Balaban J connectivity index is 1.77. The van der Waals surface area contributed by atoms with Gasteiger partial charge in [0.1, 0.15) is 17.0 Å². The van der Waals surface area contributed by atoms with Crippen LogP contribution in [-0.4, -0.2) is 59.1 Å². The molecule has 4 heterocycles. The van der Waals surface area contributed by atoms with E-state index in [0.717, 1.165) is 41.2 Å². The van der Waals surface area contributed by atoms with Crippen LogP contribution in [-0.2, 0) is 4.74 Å². The standard InChI is InChI=1S/C25H21F4N5O5/c1-37-15-5-6-32(12-15)20-9-19-21(22(31-20)38-2)23(35)34(14-7-16(11-30-10-14)39-24(28)29)25(36)33(19)13-3-4-17(26)18(27)8-13/h3-4,7-11,15,24H,5-6,12H2,1-2H3/t15-/m1/s1/i1D3. The van der Waals surface area contributed by atoms with Gasteiger partial charge < -0.3 is 19.1 Å². The van der Waals surface area contributed by atoms with Gasteiger partial charge in [0.05, 0.1) is 46.6 Å². The number of pyridine rings is 2. The van der Waals surface area contributed by atoms with E-state index in [1.807, 2.05) is 0 Å². The molecule has 4 aromatic rings. The Hall–Kier alpha value is -4.46. The van der Waals surface area contributed by atoms with Crippen molar-refractivity contribution >= 4 is 16.7 Å². The Kier molecular flexibility index (Phi) is 5.98. The predicted octanol–water partition coefficient (Wildman–Crippen LogP) is 3.04. The normalized spacial score (nSPS) is 16.8. The molecule has 0 aliphatic carbocycles. The monoisotopic (exact) mass is 550 g/mol. The quantitative estimate of drug-likeness (QED) is 0.324. The van der Waals surface area contributed by atoms with Gasteiger partial charge in [-0.25, -0.2) is 18.1 Å². The van der Waals surface area contributed by atoms with Gasteiger partial charge >= 0.3 is 12.3 Å². The molecule has 204 valence electrons. The Bertz CT molecular complexity index is 1780. The number of halogens is 4. The van der Waals surface area contributed by atoms with Crippen LogP contribution in [0.2, 0.25) is 0 Å². The number of nitrogens with zero attached hydrogens (tertiary/aromatic N) is 5. The molecule has 1 aromatic carbocycles. The fourth-order valence-corrected chi connectivity index (χ4v) is 4.42. The van der Waals surface area contributed by atoms with Crippen molar-refractivity contribution in [3.63, 3.8) is 0 Å². The number of aromatic nitrogens is 4. The average Bonchev–Trinajstić information content (AvgIpc) is 3.36. The van der Waals surface area contributed by atoms with E-state index in [4.69, 9.17) is 13.6 Å². The second-order valence-corrected chi connectivity index (χ2v) is 8.47. The molecule has 0 unspecified atom stereocenters. The van der Waals surface area contributed by atoms with Crippen molar-refractivity contribution in [1.82, 2.24) is 19.1 Å². The second-order valence-electron chi connectivity index (χ2n) is 8.47. The van der Waals surface area contributed by atoms with Crippen LogP contribution >= 0.6 is 0 Å². The van der Waals surface area contributed by atoms with Gasteiger partial charge in [0.25, 0.3) is 5.56 Å². The number of methoxy groups -OCH3 is 2. The highest BCUT2D eigenvalue weighted by Gasteiger charge is 2.27. The molecule has 1 fully saturated rings. The van der Waals surface area contributed by atoms with Crippen molar-refractivity contribution in [1.29, 1.82) is 0 Å². The Morgan fingerprint density at radius 1 is 1.08 bits per heavy atom. The fraction of sp³-hybridized carbons (Fsp3) is 0.280. The summed E-state index contributed by atoms with van der Waals surface area (Å²) in [7, 11) is -1.41. The molecule has 0 saturated carbocycles. The van der Waals surface area contributed by atoms with Gasteiger partial charge in [-0.15, -0.1) is 0 Å². The fourth-order valence-electron chi connectivity index (χ4n) is 4.42. The lowest BCUT2D eigenvalue weighted by Crippen LogP contribution is -2.39. The maximum atomic E-state index is 14.4. The van der Waals surface area contributed by atoms with Crippen LogP contribution in [0, 0.1) is 11.6 Å². The molecule has 1 atom stereocenters. The number of rotatable bonds is 7. The molecule has 14 heteroatoms. The van der Waals surface area contributed by atoms with E-state index >= 15 is 0 Å². The van der Waals surface area contributed by atoms with Gasteiger partial charge in [-0.05, 0) is 18.6 Å². The summed E-state index contributed by atoms with van der Waals surface area (Å²) in [5.41, 5.74) is -2.63. The van der Waals surface area contributed by atoms with Gasteiger partial charge in [-0.1, -0.05) is 0 Å². The first-order valence-corrected chi connectivity index (χ1v) is 11.4. The molecular weight excluding hydrogens is 526 g/mol. The summed E-state index contributed by atoms with van der Waals surface area (Å²) >= 11 is 0. The maximum Gasteiger partial charge on any atom is 0.387 e. The van der Waals surface area contributed by atoms with E-state index in [9.17, 15) is 27.2 Å². The molecule has 1 aliphatic rings. The molecule has 39 heavy (non-hydrogen) atoms. The van der Waals surface area contributed by atoms with Gasteiger partial charge in [0, 0.05) is 38.3 Å². The first-order valence-electron chi connectivity index (χ1n) is 12.9. The Morgan fingerprint density at radius 3 is 2.62 bits per heavy atom. The van der Waals surface area contributed by atoms with Crippen molar-refractivity contribution < 1.29 is 35.9 Å². The third-order valence-electron chi connectivity index (χ3n) is 6.16. The zero-order valence-electron chi connectivity index (χ0n) is 23.1. The highest BCUT2D eigenvalue weighted by molar-refractivity contribution is 5.87. The van der Waals surface area contributed by atoms with E-state index in [1.54, 1.807) is 4.90 Å². The lowest BCUT2D eigenvalue weighted by molar-refractivity contribution is -0.0500. The topological polar surface area (TPSA) is 101 Å². The number of ether oxygens (including phenoxy) is 3. The third-order valence-corrected chi connectivity index (χ3v) is 6.16. The number of hydrogen-bond donors (Lipinski definition) is 0. The number of anilines is 1. The molecule has 1 saturated heterocycles. The average molecular weight is 550 g/mol. The van der Waals surface area contributed by atoms with E-state index in [2.05, 4.69) is 14.7 Å². The summed E-state index contributed by atoms with van der Waals surface area (Å²) < 4.78 is 92.2. The van der Waals surface area contributed by atoms with Crippen LogP contribution in [0.15, 0.2) is 52.3 Å².